The van der Waals surface area contributed by atoms with Gasteiger partial charge >= 0.3 is 0 Å². The summed E-state index contributed by atoms with van der Waals surface area (Å²) in [6.45, 7) is 1.82. The zero-order valence-corrected chi connectivity index (χ0v) is 10.6. The number of amides is 2. The van der Waals surface area contributed by atoms with Crippen LogP contribution in [0.25, 0.3) is 0 Å². The van der Waals surface area contributed by atoms with Crippen LogP contribution in [0.15, 0.2) is 18.2 Å². The fraction of sp³-hybridized carbons (Fsp3) is 0.357. The van der Waals surface area contributed by atoms with Crippen LogP contribution in [0.5, 0.6) is 5.75 Å². The van der Waals surface area contributed by atoms with E-state index in [1.807, 2.05) is 6.92 Å². The van der Waals surface area contributed by atoms with Crippen LogP contribution in [0.4, 0.5) is 0 Å². The maximum Gasteiger partial charge on any atom is 0.226 e. The minimum Gasteiger partial charge on any atom is -0.507 e. The van der Waals surface area contributed by atoms with Gasteiger partial charge in [0.15, 0.2) is 5.78 Å². The normalized spacial score (nSPS) is 16.3. The molecule has 0 aromatic heterocycles. The van der Waals surface area contributed by atoms with Gasteiger partial charge in [-0.15, -0.1) is 0 Å². The molecule has 0 aliphatic carbocycles. The molecule has 0 unspecified atom stereocenters. The summed E-state index contributed by atoms with van der Waals surface area (Å²) in [6, 6.07) is 4.83. The number of aryl methyl sites for hydroxylation is 1. The second kappa shape index (κ2) is 5.22. The maximum atomic E-state index is 12.1. The van der Waals surface area contributed by atoms with Crippen molar-refractivity contribution in [3.8, 4) is 5.75 Å². The Morgan fingerprint density at radius 1 is 1.32 bits per heavy atom. The van der Waals surface area contributed by atoms with Crippen LogP contribution in [0.3, 0.4) is 0 Å². The van der Waals surface area contributed by atoms with Gasteiger partial charge < -0.3 is 5.11 Å². The Morgan fingerprint density at radius 2 is 1.95 bits per heavy atom. The SMILES string of the molecule is Cc1ccc(C(=O)CC2CC(=O)NC(=O)C2)c(O)c1. The minimum absolute atomic E-state index is 0.0587. The summed E-state index contributed by atoms with van der Waals surface area (Å²) in [5, 5.41) is 11.9. The molecule has 1 aliphatic heterocycles. The van der Waals surface area contributed by atoms with Crippen LogP contribution in [-0.4, -0.2) is 22.7 Å². The number of rotatable bonds is 3. The molecule has 0 spiro atoms. The summed E-state index contributed by atoms with van der Waals surface area (Å²) in [7, 11) is 0. The summed E-state index contributed by atoms with van der Waals surface area (Å²) in [5.74, 6) is -1.28. The monoisotopic (exact) mass is 261 g/mol. The highest BCUT2D eigenvalue weighted by Gasteiger charge is 2.27. The van der Waals surface area contributed by atoms with Crippen LogP contribution >= 0.6 is 0 Å². The first-order valence-corrected chi connectivity index (χ1v) is 6.11. The Balaban J connectivity index is 2.08. The number of piperidine rings is 1. The number of Topliss-reactive ketones (excluding diaryl/α,β-unsaturated/α-hetero) is 1. The number of phenolic OH excluding ortho intramolecular Hbond substituents is 1. The Kier molecular flexibility index (Phi) is 3.64. The smallest absolute Gasteiger partial charge is 0.226 e. The topological polar surface area (TPSA) is 83.5 Å². The number of carbonyl (C=O) groups is 3. The molecular weight excluding hydrogens is 246 g/mol. The first kappa shape index (κ1) is 13.3. The van der Waals surface area contributed by atoms with Crippen molar-refractivity contribution in [1.82, 2.24) is 5.32 Å². The van der Waals surface area contributed by atoms with Gasteiger partial charge in [0.2, 0.25) is 11.8 Å². The van der Waals surface area contributed by atoms with Gasteiger partial charge in [0, 0.05) is 19.3 Å². The Morgan fingerprint density at radius 3 is 2.53 bits per heavy atom. The molecule has 2 amide bonds. The first-order valence-electron chi connectivity index (χ1n) is 6.11. The van der Waals surface area contributed by atoms with Crippen molar-refractivity contribution < 1.29 is 19.5 Å². The second-order valence-electron chi connectivity index (χ2n) is 4.89. The van der Waals surface area contributed by atoms with Crippen LogP contribution in [0.2, 0.25) is 0 Å². The van der Waals surface area contributed by atoms with Crippen molar-refractivity contribution >= 4 is 17.6 Å². The first-order chi connectivity index (χ1) is 8.95. The lowest BCUT2D eigenvalue weighted by molar-refractivity contribution is -0.134. The number of benzene rings is 1. The van der Waals surface area contributed by atoms with E-state index in [9.17, 15) is 19.5 Å². The number of phenols is 1. The highest BCUT2D eigenvalue weighted by molar-refractivity contribution is 6.01. The fourth-order valence-electron chi connectivity index (χ4n) is 2.25. The molecule has 1 aliphatic rings. The molecule has 0 bridgehead atoms. The molecule has 0 saturated carbocycles. The number of hydrogen-bond donors (Lipinski definition) is 2. The van der Waals surface area contributed by atoms with Gasteiger partial charge in [0.25, 0.3) is 0 Å². The molecule has 100 valence electrons. The van der Waals surface area contributed by atoms with Gasteiger partial charge in [0.05, 0.1) is 5.56 Å². The lowest BCUT2D eigenvalue weighted by atomic mass is 9.89. The summed E-state index contributed by atoms with van der Waals surface area (Å²) < 4.78 is 0. The summed E-state index contributed by atoms with van der Waals surface area (Å²) >= 11 is 0. The third-order valence-corrected chi connectivity index (χ3v) is 3.15. The molecular formula is C14H15NO4. The highest BCUT2D eigenvalue weighted by Crippen LogP contribution is 2.25. The molecule has 1 saturated heterocycles. The third kappa shape index (κ3) is 3.19. The van der Waals surface area contributed by atoms with Crippen molar-refractivity contribution in [1.29, 1.82) is 0 Å². The number of aromatic hydroxyl groups is 1. The van der Waals surface area contributed by atoms with Crippen LogP contribution in [0, 0.1) is 12.8 Å². The molecule has 5 nitrogen and oxygen atoms in total. The van der Waals surface area contributed by atoms with E-state index in [4.69, 9.17) is 0 Å². The molecule has 5 heteroatoms. The summed E-state index contributed by atoms with van der Waals surface area (Å²) in [5.41, 5.74) is 1.10. The Bertz CT molecular complexity index is 534. The van der Waals surface area contributed by atoms with Gasteiger partial charge in [-0.1, -0.05) is 6.07 Å². The average Bonchev–Trinajstić information content (AvgIpc) is 2.26. The minimum atomic E-state index is -0.345. The Labute approximate surface area is 110 Å². The summed E-state index contributed by atoms with van der Waals surface area (Å²) in [4.78, 5) is 34.5. The Hall–Kier alpha value is -2.17. The van der Waals surface area contributed by atoms with Crippen LogP contribution < -0.4 is 5.32 Å². The van der Waals surface area contributed by atoms with E-state index in [-0.39, 0.29) is 54.1 Å². The molecule has 0 atom stereocenters. The number of ketones is 1. The lowest BCUT2D eigenvalue weighted by Crippen LogP contribution is -2.39. The van der Waals surface area contributed by atoms with Crippen LogP contribution in [-0.2, 0) is 9.59 Å². The molecule has 1 fully saturated rings. The van der Waals surface area contributed by atoms with E-state index in [0.717, 1.165) is 5.56 Å². The lowest BCUT2D eigenvalue weighted by Gasteiger charge is -2.20. The van der Waals surface area contributed by atoms with E-state index in [2.05, 4.69) is 5.32 Å². The van der Waals surface area contributed by atoms with Crippen molar-refractivity contribution in [2.24, 2.45) is 5.92 Å². The number of carbonyl (C=O) groups excluding carboxylic acids is 3. The molecule has 2 N–H and O–H groups in total. The van der Waals surface area contributed by atoms with Crippen molar-refractivity contribution in [2.75, 3.05) is 0 Å². The van der Waals surface area contributed by atoms with Gasteiger partial charge in [-0.25, -0.2) is 0 Å². The average molecular weight is 261 g/mol. The van der Waals surface area contributed by atoms with Crippen molar-refractivity contribution in [2.45, 2.75) is 26.2 Å². The van der Waals surface area contributed by atoms with Gasteiger partial charge in [0.1, 0.15) is 5.75 Å². The highest BCUT2D eigenvalue weighted by atomic mass is 16.3. The third-order valence-electron chi connectivity index (χ3n) is 3.15. The quantitative estimate of drug-likeness (QED) is 0.635. The second-order valence-corrected chi connectivity index (χ2v) is 4.89. The van der Waals surface area contributed by atoms with E-state index in [1.54, 1.807) is 12.1 Å². The van der Waals surface area contributed by atoms with Crippen LogP contribution in [0.1, 0.15) is 35.2 Å². The molecule has 1 aromatic rings. The van der Waals surface area contributed by atoms with E-state index in [1.165, 1.54) is 6.07 Å². The predicted molar refractivity (Wildman–Crippen MR) is 67.7 cm³/mol. The molecule has 19 heavy (non-hydrogen) atoms. The number of nitrogens with one attached hydrogen (secondary N) is 1. The summed E-state index contributed by atoms with van der Waals surface area (Å²) in [6.07, 6.45) is 0.435. The molecule has 1 aromatic carbocycles. The predicted octanol–water partition coefficient (Wildman–Crippen LogP) is 1.33. The van der Waals surface area contributed by atoms with E-state index >= 15 is 0 Å². The number of hydrogen-bond acceptors (Lipinski definition) is 4. The molecule has 0 radical (unpaired) electrons. The van der Waals surface area contributed by atoms with Crippen molar-refractivity contribution in [3.63, 3.8) is 0 Å². The largest absolute Gasteiger partial charge is 0.507 e. The molecule has 1 heterocycles. The van der Waals surface area contributed by atoms with Gasteiger partial charge in [-0.2, -0.15) is 0 Å². The standard InChI is InChI=1S/C14H15NO4/c1-8-2-3-10(11(16)4-8)12(17)5-9-6-13(18)15-14(19)7-9/h2-4,9,16H,5-7H2,1H3,(H,15,18,19). The van der Waals surface area contributed by atoms with Crippen molar-refractivity contribution in [3.05, 3.63) is 29.3 Å². The number of imide groups is 1. The van der Waals surface area contributed by atoms with Gasteiger partial charge in [-0.05, 0) is 30.5 Å². The van der Waals surface area contributed by atoms with Gasteiger partial charge in [-0.3, -0.25) is 19.7 Å². The van der Waals surface area contributed by atoms with E-state index in [0.29, 0.717) is 0 Å². The maximum absolute atomic E-state index is 12.1. The fourth-order valence-corrected chi connectivity index (χ4v) is 2.25. The van der Waals surface area contributed by atoms with E-state index < -0.39 is 0 Å². The zero-order chi connectivity index (χ0) is 14.0. The zero-order valence-electron chi connectivity index (χ0n) is 10.6. The molecule has 2 rings (SSSR count).